The standard InChI is InChI=1S/C18H26O2S/c1-13-10-14(12-21-15-8-6-5-7-9-15)16(17(19)20-13)11-18(2,3)4/h5-9,13-14,16H,10-12H2,1-4H3/t13-,14+,16+/m1/s1. The van der Waals surface area contributed by atoms with Crippen molar-refractivity contribution in [2.75, 3.05) is 5.75 Å². The van der Waals surface area contributed by atoms with Gasteiger partial charge < -0.3 is 4.74 Å². The molecule has 21 heavy (non-hydrogen) atoms. The van der Waals surface area contributed by atoms with Crippen molar-refractivity contribution in [1.29, 1.82) is 0 Å². The van der Waals surface area contributed by atoms with Crippen LogP contribution < -0.4 is 0 Å². The molecule has 3 heteroatoms. The normalized spacial score (nSPS) is 26.5. The molecule has 1 aliphatic rings. The van der Waals surface area contributed by atoms with Crippen LogP contribution >= 0.6 is 11.8 Å². The number of ether oxygens (including phenoxy) is 1. The number of carbonyl (C=O) groups is 1. The van der Waals surface area contributed by atoms with Gasteiger partial charge in [0.05, 0.1) is 12.0 Å². The molecular formula is C18H26O2S. The highest BCUT2D eigenvalue weighted by Crippen LogP contribution is 2.38. The number of hydrogen-bond acceptors (Lipinski definition) is 3. The lowest BCUT2D eigenvalue weighted by Crippen LogP contribution is -2.39. The first kappa shape index (κ1) is 16.4. The molecular weight excluding hydrogens is 280 g/mol. The van der Waals surface area contributed by atoms with Gasteiger partial charge in [-0.2, -0.15) is 0 Å². The van der Waals surface area contributed by atoms with Crippen molar-refractivity contribution in [3.8, 4) is 0 Å². The van der Waals surface area contributed by atoms with Crippen LogP contribution in [0.1, 0.15) is 40.5 Å². The fourth-order valence-corrected chi connectivity index (χ4v) is 4.06. The van der Waals surface area contributed by atoms with Crippen molar-refractivity contribution in [2.24, 2.45) is 17.3 Å². The first-order valence-electron chi connectivity index (χ1n) is 7.73. The van der Waals surface area contributed by atoms with Crippen LogP contribution in [-0.4, -0.2) is 17.8 Å². The van der Waals surface area contributed by atoms with Crippen molar-refractivity contribution in [1.82, 2.24) is 0 Å². The second kappa shape index (κ2) is 6.87. The van der Waals surface area contributed by atoms with Gasteiger partial charge in [-0.25, -0.2) is 0 Å². The maximum atomic E-state index is 12.3. The number of cyclic esters (lactones) is 1. The molecule has 0 aromatic heterocycles. The number of rotatable bonds is 4. The first-order valence-corrected chi connectivity index (χ1v) is 8.72. The van der Waals surface area contributed by atoms with Crippen LogP contribution in [-0.2, 0) is 9.53 Å². The van der Waals surface area contributed by atoms with Gasteiger partial charge in [0.15, 0.2) is 0 Å². The van der Waals surface area contributed by atoms with Gasteiger partial charge >= 0.3 is 5.97 Å². The molecule has 1 fully saturated rings. The maximum absolute atomic E-state index is 12.3. The summed E-state index contributed by atoms with van der Waals surface area (Å²) in [5.74, 6) is 1.44. The minimum atomic E-state index is 0.00216. The lowest BCUT2D eigenvalue weighted by atomic mass is 9.76. The van der Waals surface area contributed by atoms with Gasteiger partial charge in [-0.1, -0.05) is 39.0 Å². The summed E-state index contributed by atoms with van der Waals surface area (Å²) in [4.78, 5) is 13.5. The number of thioether (sulfide) groups is 1. The van der Waals surface area contributed by atoms with Crippen molar-refractivity contribution in [3.63, 3.8) is 0 Å². The van der Waals surface area contributed by atoms with Crippen LogP contribution in [0.3, 0.4) is 0 Å². The SMILES string of the molecule is C[C@@H]1C[C@@H](CSc2ccccc2)[C@H](CC(C)(C)C)C(=O)O1. The Bertz CT molecular complexity index is 464. The molecule has 1 saturated heterocycles. The second-order valence-electron chi connectivity index (χ2n) is 7.24. The molecule has 0 saturated carbocycles. The minimum Gasteiger partial charge on any atom is -0.462 e. The van der Waals surface area contributed by atoms with Crippen LogP contribution in [0.2, 0.25) is 0 Å². The Labute approximate surface area is 132 Å². The Morgan fingerprint density at radius 1 is 1.24 bits per heavy atom. The third kappa shape index (κ3) is 5.06. The third-order valence-electron chi connectivity index (χ3n) is 3.86. The lowest BCUT2D eigenvalue weighted by Gasteiger charge is -2.36. The Balaban J connectivity index is 2.03. The second-order valence-corrected chi connectivity index (χ2v) is 8.33. The minimum absolute atomic E-state index is 0.00216. The molecule has 0 radical (unpaired) electrons. The Morgan fingerprint density at radius 3 is 2.52 bits per heavy atom. The van der Waals surface area contributed by atoms with Crippen molar-refractivity contribution >= 4 is 17.7 Å². The number of hydrogen-bond donors (Lipinski definition) is 0. The zero-order chi connectivity index (χ0) is 15.5. The summed E-state index contributed by atoms with van der Waals surface area (Å²) in [6.45, 7) is 8.59. The molecule has 0 aliphatic carbocycles. The Morgan fingerprint density at radius 2 is 1.90 bits per heavy atom. The van der Waals surface area contributed by atoms with Crippen LogP contribution in [0.5, 0.6) is 0 Å². The van der Waals surface area contributed by atoms with Gasteiger partial charge in [-0.3, -0.25) is 4.79 Å². The summed E-state index contributed by atoms with van der Waals surface area (Å²) in [6, 6.07) is 10.4. The molecule has 1 aliphatic heterocycles. The monoisotopic (exact) mass is 306 g/mol. The molecule has 1 aromatic rings. The summed E-state index contributed by atoms with van der Waals surface area (Å²) in [7, 11) is 0. The number of benzene rings is 1. The molecule has 116 valence electrons. The van der Waals surface area contributed by atoms with E-state index in [4.69, 9.17) is 4.74 Å². The smallest absolute Gasteiger partial charge is 0.309 e. The Hall–Kier alpha value is -0.960. The number of carbonyl (C=O) groups excluding carboxylic acids is 1. The summed E-state index contributed by atoms with van der Waals surface area (Å²) < 4.78 is 5.48. The van der Waals surface area contributed by atoms with E-state index in [9.17, 15) is 4.79 Å². The molecule has 0 amide bonds. The van der Waals surface area contributed by atoms with E-state index in [0.717, 1.165) is 18.6 Å². The summed E-state index contributed by atoms with van der Waals surface area (Å²) in [5, 5.41) is 0. The molecule has 1 aromatic carbocycles. The maximum Gasteiger partial charge on any atom is 0.309 e. The molecule has 1 heterocycles. The Kier molecular flexibility index (Phi) is 5.37. The molecule has 0 N–H and O–H groups in total. The fraction of sp³-hybridized carbons (Fsp3) is 0.611. The van der Waals surface area contributed by atoms with E-state index < -0.39 is 0 Å². The van der Waals surface area contributed by atoms with E-state index in [1.54, 1.807) is 0 Å². The fourth-order valence-electron chi connectivity index (χ4n) is 2.93. The van der Waals surface area contributed by atoms with Gasteiger partial charge in [0, 0.05) is 10.6 Å². The van der Waals surface area contributed by atoms with E-state index in [1.807, 2.05) is 24.8 Å². The van der Waals surface area contributed by atoms with Crippen LogP contribution in [0.4, 0.5) is 0 Å². The average molecular weight is 306 g/mol. The van der Waals surface area contributed by atoms with E-state index in [0.29, 0.717) is 5.92 Å². The van der Waals surface area contributed by atoms with Crippen LogP contribution in [0.15, 0.2) is 35.2 Å². The highest BCUT2D eigenvalue weighted by atomic mass is 32.2. The van der Waals surface area contributed by atoms with Crippen molar-refractivity contribution < 1.29 is 9.53 Å². The number of esters is 1. The van der Waals surface area contributed by atoms with Crippen molar-refractivity contribution in [2.45, 2.75) is 51.5 Å². The van der Waals surface area contributed by atoms with E-state index in [2.05, 4.69) is 45.0 Å². The highest BCUT2D eigenvalue weighted by molar-refractivity contribution is 7.99. The summed E-state index contributed by atoms with van der Waals surface area (Å²) >= 11 is 1.85. The summed E-state index contributed by atoms with van der Waals surface area (Å²) in [6.07, 6.45) is 1.93. The lowest BCUT2D eigenvalue weighted by molar-refractivity contribution is -0.164. The largest absolute Gasteiger partial charge is 0.462 e. The molecule has 3 atom stereocenters. The highest BCUT2D eigenvalue weighted by Gasteiger charge is 2.38. The van der Waals surface area contributed by atoms with Gasteiger partial charge in [-0.05, 0) is 43.2 Å². The predicted molar refractivity (Wildman–Crippen MR) is 88.4 cm³/mol. The topological polar surface area (TPSA) is 26.3 Å². The van der Waals surface area contributed by atoms with Crippen LogP contribution in [0.25, 0.3) is 0 Å². The third-order valence-corrected chi connectivity index (χ3v) is 5.06. The zero-order valence-corrected chi connectivity index (χ0v) is 14.3. The van der Waals surface area contributed by atoms with E-state index in [1.165, 1.54) is 4.90 Å². The van der Waals surface area contributed by atoms with Gasteiger partial charge in [-0.15, -0.1) is 11.8 Å². The van der Waals surface area contributed by atoms with Gasteiger partial charge in [0.25, 0.3) is 0 Å². The van der Waals surface area contributed by atoms with Crippen LogP contribution in [0, 0.1) is 17.3 Å². The zero-order valence-electron chi connectivity index (χ0n) is 13.5. The first-order chi connectivity index (χ1) is 9.85. The molecule has 0 unspecified atom stereocenters. The quantitative estimate of drug-likeness (QED) is 0.591. The molecule has 0 spiro atoms. The van der Waals surface area contributed by atoms with Gasteiger partial charge in [0.1, 0.15) is 0 Å². The van der Waals surface area contributed by atoms with Crippen molar-refractivity contribution in [3.05, 3.63) is 30.3 Å². The van der Waals surface area contributed by atoms with E-state index >= 15 is 0 Å². The molecule has 2 rings (SSSR count). The predicted octanol–water partition coefficient (Wildman–Crippen LogP) is 4.78. The van der Waals surface area contributed by atoms with Gasteiger partial charge in [0.2, 0.25) is 0 Å². The molecule has 2 nitrogen and oxygen atoms in total. The average Bonchev–Trinajstić information content (AvgIpc) is 2.40. The molecule has 0 bridgehead atoms. The van der Waals surface area contributed by atoms with E-state index in [-0.39, 0.29) is 23.4 Å². The summed E-state index contributed by atoms with van der Waals surface area (Å²) in [5.41, 5.74) is 0.153.